The number of fused-ring (bicyclic) bond motifs is 1. The number of aryl methyl sites for hydroxylation is 1. The van der Waals surface area contributed by atoms with Crippen molar-refractivity contribution < 1.29 is 9.59 Å². The lowest BCUT2D eigenvalue weighted by Gasteiger charge is -2.30. The Balaban J connectivity index is 1.75. The van der Waals surface area contributed by atoms with Gasteiger partial charge in [-0.2, -0.15) is 0 Å². The highest BCUT2D eigenvalue weighted by Gasteiger charge is 2.38. The van der Waals surface area contributed by atoms with Crippen LogP contribution in [0.2, 0.25) is 0 Å². The predicted molar refractivity (Wildman–Crippen MR) is 71.4 cm³/mol. The summed E-state index contributed by atoms with van der Waals surface area (Å²) in [6.07, 6.45) is 2.77. The Morgan fingerprint density at radius 1 is 1.42 bits per heavy atom. The summed E-state index contributed by atoms with van der Waals surface area (Å²) < 4.78 is 0. The molecule has 1 fully saturated rings. The van der Waals surface area contributed by atoms with Crippen LogP contribution in [0.25, 0.3) is 0 Å². The standard InChI is InChI=1S/C12H16N4O2S/c13-11(18)6-3-10(17)16(5-6)7-1-2-8-9(4-7)19-12(14)15-8/h6-7H,1-5H2,(H2,13,18)(H2,14,15)/t6?,7-/m0/s1. The molecule has 0 radical (unpaired) electrons. The highest BCUT2D eigenvalue weighted by molar-refractivity contribution is 7.15. The number of hydrogen-bond acceptors (Lipinski definition) is 5. The Morgan fingerprint density at radius 3 is 2.89 bits per heavy atom. The predicted octanol–water partition coefficient (Wildman–Crippen LogP) is -0.0836. The summed E-state index contributed by atoms with van der Waals surface area (Å²) in [6, 6.07) is 0.157. The monoisotopic (exact) mass is 280 g/mol. The topological polar surface area (TPSA) is 102 Å². The smallest absolute Gasteiger partial charge is 0.223 e. The van der Waals surface area contributed by atoms with Crippen LogP contribution in [-0.4, -0.2) is 34.3 Å². The van der Waals surface area contributed by atoms with Crippen LogP contribution in [0.1, 0.15) is 23.4 Å². The fraction of sp³-hybridized carbons (Fsp3) is 0.583. The Kier molecular flexibility index (Phi) is 2.93. The number of nitrogens with zero attached hydrogens (tertiary/aromatic N) is 2. The van der Waals surface area contributed by atoms with Crippen LogP contribution in [0.5, 0.6) is 0 Å². The molecule has 4 N–H and O–H groups in total. The van der Waals surface area contributed by atoms with Crippen molar-refractivity contribution in [1.29, 1.82) is 0 Å². The van der Waals surface area contributed by atoms with E-state index >= 15 is 0 Å². The summed E-state index contributed by atoms with van der Waals surface area (Å²) in [5, 5.41) is 0.591. The van der Waals surface area contributed by atoms with Crippen molar-refractivity contribution in [1.82, 2.24) is 9.88 Å². The molecule has 1 aliphatic carbocycles. The largest absolute Gasteiger partial charge is 0.375 e. The number of nitrogens with two attached hydrogens (primary N) is 2. The highest BCUT2D eigenvalue weighted by atomic mass is 32.1. The van der Waals surface area contributed by atoms with Crippen LogP contribution >= 0.6 is 11.3 Å². The number of anilines is 1. The first-order chi connectivity index (χ1) is 9.04. The van der Waals surface area contributed by atoms with Crippen molar-refractivity contribution in [2.24, 2.45) is 11.7 Å². The molecular weight excluding hydrogens is 264 g/mol. The number of carbonyl (C=O) groups excluding carboxylic acids is 2. The van der Waals surface area contributed by atoms with E-state index in [4.69, 9.17) is 11.5 Å². The molecule has 6 nitrogen and oxygen atoms in total. The minimum atomic E-state index is -0.380. The van der Waals surface area contributed by atoms with Gasteiger partial charge in [0, 0.05) is 30.3 Å². The lowest BCUT2D eigenvalue weighted by atomic mass is 9.96. The summed E-state index contributed by atoms with van der Waals surface area (Å²) in [4.78, 5) is 30.5. The zero-order valence-electron chi connectivity index (χ0n) is 10.5. The van der Waals surface area contributed by atoms with Crippen LogP contribution in [0, 0.1) is 5.92 Å². The third-order valence-electron chi connectivity index (χ3n) is 3.93. The van der Waals surface area contributed by atoms with Gasteiger partial charge >= 0.3 is 0 Å². The second-order valence-corrected chi connectivity index (χ2v) is 6.28. The van der Waals surface area contributed by atoms with Crippen molar-refractivity contribution in [3.05, 3.63) is 10.6 Å². The number of amides is 2. The molecule has 2 aliphatic rings. The van der Waals surface area contributed by atoms with Gasteiger partial charge < -0.3 is 16.4 Å². The molecule has 3 rings (SSSR count). The molecule has 0 aromatic carbocycles. The zero-order valence-corrected chi connectivity index (χ0v) is 11.3. The van der Waals surface area contributed by atoms with E-state index in [9.17, 15) is 9.59 Å². The van der Waals surface area contributed by atoms with Gasteiger partial charge in [0.1, 0.15) is 0 Å². The first-order valence-corrected chi connectivity index (χ1v) is 7.19. The maximum atomic E-state index is 12.0. The Morgan fingerprint density at radius 2 is 2.21 bits per heavy atom. The van der Waals surface area contributed by atoms with E-state index in [2.05, 4.69) is 4.98 Å². The van der Waals surface area contributed by atoms with Crippen molar-refractivity contribution >= 4 is 28.3 Å². The number of nitrogen functional groups attached to an aromatic ring is 1. The first-order valence-electron chi connectivity index (χ1n) is 6.37. The molecule has 0 bridgehead atoms. The number of aromatic nitrogens is 1. The van der Waals surface area contributed by atoms with Gasteiger partial charge in [-0.3, -0.25) is 9.59 Å². The van der Waals surface area contributed by atoms with E-state index in [-0.39, 0.29) is 30.2 Å². The minimum Gasteiger partial charge on any atom is -0.375 e. The maximum Gasteiger partial charge on any atom is 0.223 e. The summed E-state index contributed by atoms with van der Waals surface area (Å²) >= 11 is 1.50. The molecule has 1 unspecified atom stereocenters. The second kappa shape index (κ2) is 4.48. The molecule has 2 heterocycles. The Bertz CT molecular complexity index is 542. The third kappa shape index (κ3) is 2.18. The summed E-state index contributed by atoms with van der Waals surface area (Å²) in [6.45, 7) is 0.461. The number of thiazole rings is 1. The van der Waals surface area contributed by atoms with Gasteiger partial charge in [-0.05, 0) is 12.8 Å². The Hall–Kier alpha value is -1.63. The van der Waals surface area contributed by atoms with E-state index in [0.29, 0.717) is 11.7 Å². The SMILES string of the molecule is NC(=O)C1CC(=O)N([C@H]2CCc3nc(N)sc3C2)C1. The number of hydrogen-bond donors (Lipinski definition) is 2. The Labute approximate surface area is 114 Å². The van der Waals surface area contributed by atoms with Crippen molar-refractivity contribution in [3.8, 4) is 0 Å². The van der Waals surface area contributed by atoms with Crippen molar-refractivity contribution in [2.75, 3.05) is 12.3 Å². The fourth-order valence-corrected chi connectivity index (χ4v) is 3.87. The fourth-order valence-electron chi connectivity index (χ4n) is 2.92. The van der Waals surface area contributed by atoms with E-state index in [1.165, 1.54) is 16.2 Å². The number of carbonyl (C=O) groups is 2. The third-order valence-corrected chi connectivity index (χ3v) is 4.88. The molecular formula is C12H16N4O2S. The van der Waals surface area contributed by atoms with Crippen molar-refractivity contribution in [2.45, 2.75) is 31.7 Å². The van der Waals surface area contributed by atoms with E-state index < -0.39 is 0 Å². The number of rotatable bonds is 2. The summed E-state index contributed by atoms with van der Waals surface area (Å²) in [7, 11) is 0. The summed E-state index contributed by atoms with van der Waals surface area (Å²) in [5.74, 6) is -0.676. The zero-order chi connectivity index (χ0) is 13.6. The highest BCUT2D eigenvalue weighted by Crippen LogP contribution is 2.32. The van der Waals surface area contributed by atoms with Crippen LogP contribution < -0.4 is 11.5 Å². The minimum absolute atomic E-state index is 0.0368. The molecule has 2 amide bonds. The molecule has 1 saturated heterocycles. The molecule has 1 aromatic rings. The molecule has 2 atom stereocenters. The van der Waals surface area contributed by atoms with Gasteiger partial charge in [0.05, 0.1) is 11.6 Å². The normalized spacial score (nSPS) is 26.5. The van der Waals surface area contributed by atoms with Gasteiger partial charge in [-0.15, -0.1) is 11.3 Å². The molecule has 7 heteroatoms. The van der Waals surface area contributed by atoms with Gasteiger partial charge in [-0.1, -0.05) is 0 Å². The number of likely N-dealkylation sites (tertiary alicyclic amines) is 1. The number of primary amides is 1. The second-order valence-electron chi connectivity index (χ2n) is 5.17. The molecule has 1 aromatic heterocycles. The molecule has 0 spiro atoms. The van der Waals surface area contributed by atoms with Crippen molar-refractivity contribution in [3.63, 3.8) is 0 Å². The lowest BCUT2D eigenvalue weighted by molar-refractivity contribution is -0.130. The van der Waals surface area contributed by atoms with Crippen LogP contribution in [0.15, 0.2) is 0 Å². The first kappa shape index (κ1) is 12.4. The molecule has 0 saturated carbocycles. The summed E-state index contributed by atoms with van der Waals surface area (Å²) in [5.41, 5.74) is 12.1. The van der Waals surface area contributed by atoms with Crippen LogP contribution in [0.4, 0.5) is 5.13 Å². The maximum absolute atomic E-state index is 12.0. The molecule has 19 heavy (non-hydrogen) atoms. The average molecular weight is 280 g/mol. The van der Waals surface area contributed by atoms with E-state index in [1.54, 1.807) is 0 Å². The average Bonchev–Trinajstić information content (AvgIpc) is 2.90. The molecule has 1 aliphatic heterocycles. The van der Waals surface area contributed by atoms with Gasteiger partial charge in [0.15, 0.2) is 5.13 Å². The van der Waals surface area contributed by atoms with Crippen LogP contribution in [0.3, 0.4) is 0 Å². The lowest BCUT2D eigenvalue weighted by Crippen LogP contribution is -2.40. The van der Waals surface area contributed by atoms with Gasteiger partial charge in [-0.25, -0.2) is 4.98 Å². The van der Waals surface area contributed by atoms with Gasteiger partial charge in [0.25, 0.3) is 0 Å². The van der Waals surface area contributed by atoms with E-state index in [0.717, 1.165) is 25.0 Å². The van der Waals surface area contributed by atoms with E-state index in [1.807, 2.05) is 4.90 Å². The quantitative estimate of drug-likeness (QED) is 0.790. The van der Waals surface area contributed by atoms with Crippen LogP contribution in [-0.2, 0) is 22.4 Å². The molecule has 102 valence electrons. The van der Waals surface area contributed by atoms with Gasteiger partial charge in [0.2, 0.25) is 11.8 Å².